The SMILES string of the molecule is C[C@@H]1CCCCN1C(=O)CSc1nnc(-c2ccccc2F)n1C. The summed E-state index contributed by atoms with van der Waals surface area (Å²) >= 11 is 1.35. The minimum Gasteiger partial charge on any atom is -0.339 e. The number of amides is 1. The average Bonchev–Trinajstić information content (AvgIpc) is 2.94. The molecule has 5 nitrogen and oxygen atoms in total. The molecule has 7 heteroatoms. The van der Waals surface area contributed by atoms with Crippen LogP contribution in [-0.4, -0.2) is 43.9 Å². The van der Waals surface area contributed by atoms with Gasteiger partial charge in [0, 0.05) is 19.6 Å². The zero-order valence-corrected chi connectivity index (χ0v) is 14.7. The summed E-state index contributed by atoms with van der Waals surface area (Å²) in [5.41, 5.74) is 0.412. The van der Waals surface area contributed by atoms with Crippen molar-refractivity contribution in [2.75, 3.05) is 12.3 Å². The van der Waals surface area contributed by atoms with Crippen molar-refractivity contribution in [3.8, 4) is 11.4 Å². The van der Waals surface area contributed by atoms with Crippen LogP contribution in [0.2, 0.25) is 0 Å². The first-order valence-corrected chi connectivity index (χ1v) is 9.13. The van der Waals surface area contributed by atoms with Crippen LogP contribution in [0.25, 0.3) is 11.4 Å². The van der Waals surface area contributed by atoms with Gasteiger partial charge in [0.2, 0.25) is 5.91 Å². The van der Waals surface area contributed by atoms with Crippen LogP contribution < -0.4 is 0 Å². The molecule has 0 spiro atoms. The van der Waals surface area contributed by atoms with Crippen molar-refractivity contribution in [2.24, 2.45) is 7.05 Å². The van der Waals surface area contributed by atoms with Gasteiger partial charge < -0.3 is 9.47 Å². The van der Waals surface area contributed by atoms with Crippen LogP contribution in [0, 0.1) is 5.82 Å². The Kier molecular flexibility index (Phi) is 5.18. The molecule has 0 radical (unpaired) electrons. The Morgan fingerprint density at radius 1 is 1.33 bits per heavy atom. The third-order valence-corrected chi connectivity index (χ3v) is 5.40. The number of carbonyl (C=O) groups excluding carboxylic acids is 1. The summed E-state index contributed by atoms with van der Waals surface area (Å²) in [6, 6.07) is 6.79. The number of hydrogen-bond acceptors (Lipinski definition) is 4. The van der Waals surface area contributed by atoms with Gasteiger partial charge in [0.25, 0.3) is 0 Å². The highest BCUT2D eigenvalue weighted by atomic mass is 32.2. The second-order valence-electron chi connectivity index (χ2n) is 6.07. The molecule has 128 valence electrons. The molecule has 0 unspecified atom stereocenters. The average molecular weight is 348 g/mol. The highest BCUT2D eigenvalue weighted by Gasteiger charge is 2.24. The van der Waals surface area contributed by atoms with E-state index in [1.807, 2.05) is 4.90 Å². The molecule has 0 aliphatic carbocycles. The van der Waals surface area contributed by atoms with Crippen LogP contribution in [0.3, 0.4) is 0 Å². The standard InChI is InChI=1S/C17H21FN4OS/c1-12-7-5-6-10-22(12)15(23)11-24-17-20-19-16(21(17)2)13-8-3-4-9-14(13)18/h3-4,8-9,12H,5-7,10-11H2,1-2H3/t12-/m1/s1. The smallest absolute Gasteiger partial charge is 0.233 e. The second-order valence-corrected chi connectivity index (χ2v) is 7.01. The maximum atomic E-state index is 13.9. The van der Waals surface area contributed by atoms with Gasteiger partial charge in [-0.05, 0) is 38.3 Å². The van der Waals surface area contributed by atoms with Crippen LogP contribution in [0.15, 0.2) is 29.4 Å². The number of nitrogens with zero attached hydrogens (tertiary/aromatic N) is 4. The highest BCUT2D eigenvalue weighted by Crippen LogP contribution is 2.25. The van der Waals surface area contributed by atoms with Gasteiger partial charge in [-0.2, -0.15) is 0 Å². The van der Waals surface area contributed by atoms with Crippen molar-refractivity contribution in [1.82, 2.24) is 19.7 Å². The van der Waals surface area contributed by atoms with Gasteiger partial charge in [-0.1, -0.05) is 23.9 Å². The largest absolute Gasteiger partial charge is 0.339 e. The number of likely N-dealkylation sites (tertiary alicyclic amines) is 1. The lowest BCUT2D eigenvalue weighted by atomic mass is 10.0. The van der Waals surface area contributed by atoms with E-state index in [1.54, 1.807) is 29.8 Å². The molecule has 2 heterocycles. The molecule has 0 bridgehead atoms. The van der Waals surface area contributed by atoms with Crippen LogP contribution in [0.4, 0.5) is 4.39 Å². The molecule has 1 aromatic carbocycles. The van der Waals surface area contributed by atoms with E-state index in [0.29, 0.717) is 28.3 Å². The van der Waals surface area contributed by atoms with E-state index in [2.05, 4.69) is 17.1 Å². The third-order valence-electron chi connectivity index (χ3n) is 4.40. The maximum Gasteiger partial charge on any atom is 0.233 e. The lowest BCUT2D eigenvalue weighted by Gasteiger charge is -2.33. The van der Waals surface area contributed by atoms with Crippen LogP contribution in [-0.2, 0) is 11.8 Å². The van der Waals surface area contributed by atoms with Crippen molar-refractivity contribution in [1.29, 1.82) is 0 Å². The van der Waals surface area contributed by atoms with Gasteiger partial charge in [0.05, 0.1) is 11.3 Å². The number of halogens is 1. The summed E-state index contributed by atoms with van der Waals surface area (Å²) in [6.45, 7) is 2.93. The van der Waals surface area contributed by atoms with E-state index in [4.69, 9.17) is 0 Å². The summed E-state index contributed by atoms with van der Waals surface area (Å²) in [5, 5.41) is 8.80. The Morgan fingerprint density at radius 2 is 2.12 bits per heavy atom. The molecule has 1 saturated heterocycles. The third kappa shape index (κ3) is 3.45. The summed E-state index contributed by atoms with van der Waals surface area (Å²) in [6.07, 6.45) is 3.33. The van der Waals surface area contributed by atoms with Crippen molar-refractivity contribution >= 4 is 17.7 Å². The fraction of sp³-hybridized carbons (Fsp3) is 0.471. The normalized spacial score (nSPS) is 18.0. The lowest BCUT2D eigenvalue weighted by Crippen LogP contribution is -2.42. The zero-order chi connectivity index (χ0) is 17.1. The molecule has 2 aromatic rings. The summed E-state index contributed by atoms with van der Waals surface area (Å²) in [5.74, 6) is 0.591. The van der Waals surface area contributed by atoms with E-state index < -0.39 is 0 Å². The predicted octanol–water partition coefficient (Wildman–Crippen LogP) is 3.11. The summed E-state index contributed by atoms with van der Waals surface area (Å²) < 4.78 is 15.6. The van der Waals surface area contributed by atoms with E-state index in [1.165, 1.54) is 24.2 Å². The Hall–Kier alpha value is -1.89. The number of thioether (sulfide) groups is 1. The van der Waals surface area contributed by atoms with Crippen molar-refractivity contribution < 1.29 is 9.18 Å². The molecule has 3 rings (SSSR count). The second kappa shape index (κ2) is 7.34. The number of carbonyl (C=O) groups is 1. The van der Waals surface area contributed by atoms with Gasteiger partial charge in [0.1, 0.15) is 5.82 Å². The predicted molar refractivity (Wildman–Crippen MR) is 92.1 cm³/mol. The molecule has 0 saturated carbocycles. The quantitative estimate of drug-likeness (QED) is 0.797. The molecule has 1 atom stereocenters. The van der Waals surface area contributed by atoms with E-state index in [9.17, 15) is 9.18 Å². The maximum absolute atomic E-state index is 13.9. The number of piperidine rings is 1. The topological polar surface area (TPSA) is 51.0 Å². The Labute approximate surface area is 145 Å². The number of aromatic nitrogens is 3. The number of rotatable bonds is 4. The summed E-state index contributed by atoms with van der Waals surface area (Å²) in [4.78, 5) is 14.4. The highest BCUT2D eigenvalue weighted by molar-refractivity contribution is 7.99. The van der Waals surface area contributed by atoms with Gasteiger partial charge in [0.15, 0.2) is 11.0 Å². The van der Waals surface area contributed by atoms with E-state index in [0.717, 1.165) is 19.4 Å². The monoisotopic (exact) mass is 348 g/mol. The van der Waals surface area contributed by atoms with E-state index in [-0.39, 0.29) is 11.7 Å². The molecule has 0 N–H and O–H groups in total. The molecule has 1 fully saturated rings. The van der Waals surface area contributed by atoms with Crippen LogP contribution in [0.1, 0.15) is 26.2 Å². The van der Waals surface area contributed by atoms with Gasteiger partial charge in [-0.3, -0.25) is 4.79 Å². The summed E-state index contributed by atoms with van der Waals surface area (Å²) in [7, 11) is 1.79. The lowest BCUT2D eigenvalue weighted by molar-refractivity contribution is -0.131. The van der Waals surface area contributed by atoms with Gasteiger partial charge >= 0.3 is 0 Å². The number of benzene rings is 1. The molecule has 24 heavy (non-hydrogen) atoms. The van der Waals surface area contributed by atoms with Crippen LogP contribution in [0.5, 0.6) is 0 Å². The van der Waals surface area contributed by atoms with Crippen molar-refractivity contribution in [3.05, 3.63) is 30.1 Å². The molecular weight excluding hydrogens is 327 g/mol. The molecule has 1 amide bonds. The molecule has 1 aromatic heterocycles. The first kappa shape index (κ1) is 17.0. The van der Waals surface area contributed by atoms with Crippen LogP contribution >= 0.6 is 11.8 Å². The fourth-order valence-corrected chi connectivity index (χ4v) is 3.79. The molecule has 1 aliphatic heterocycles. The Balaban J connectivity index is 1.69. The fourth-order valence-electron chi connectivity index (χ4n) is 3.00. The zero-order valence-electron chi connectivity index (χ0n) is 13.9. The first-order chi connectivity index (χ1) is 11.6. The van der Waals surface area contributed by atoms with Crippen molar-refractivity contribution in [3.63, 3.8) is 0 Å². The van der Waals surface area contributed by atoms with Gasteiger partial charge in [-0.15, -0.1) is 10.2 Å². The Morgan fingerprint density at radius 3 is 2.88 bits per heavy atom. The van der Waals surface area contributed by atoms with Gasteiger partial charge in [-0.25, -0.2) is 4.39 Å². The first-order valence-electron chi connectivity index (χ1n) is 8.14. The van der Waals surface area contributed by atoms with E-state index >= 15 is 0 Å². The van der Waals surface area contributed by atoms with Crippen molar-refractivity contribution in [2.45, 2.75) is 37.4 Å². The Bertz CT molecular complexity index is 733. The molecular formula is C17H21FN4OS. The number of hydrogen-bond donors (Lipinski definition) is 0. The minimum atomic E-state index is -0.331. The minimum absolute atomic E-state index is 0.127. The molecule has 1 aliphatic rings.